The molecule has 2 rings (SSSR count). The van der Waals surface area contributed by atoms with Crippen LogP contribution in [0, 0.1) is 5.41 Å². The van der Waals surface area contributed by atoms with Gasteiger partial charge in [0, 0.05) is 30.3 Å². The van der Waals surface area contributed by atoms with Crippen LogP contribution in [0.3, 0.4) is 0 Å². The summed E-state index contributed by atoms with van der Waals surface area (Å²) in [5.41, 5.74) is 0.807. The Balaban J connectivity index is 1.98. The molecule has 0 saturated carbocycles. The minimum Gasteiger partial charge on any atom is -0.371 e. The highest BCUT2D eigenvalue weighted by Crippen LogP contribution is 2.23. The number of alkyl halides is 3. The molecule has 1 saturated heterocycles. The maximum Gasteiger partial charge on any atom is 0.389 e. The zero-order valence-corrected chi connectivity index (χ0v) is 16.4. The molecule has 154 valence electrons. The van der Waals surface area contributed by atoms with Gasteiger partial charge in [0.1, 0.15) is 5.17 Å². The van der Waals surface area contributed by atoms with Crippen LogP contribution in [-0.2, 0) is 9.53 Å². The van der Waals surface area contributed by atoms with Gasteiger partial charge in [-0.25, -0.2) is 0 Å². The van der Waals surface area contributed by atoms with Crippen molar-refractivity contribution in [2.45, 2.75) is 25.1 Å². The minimum atomic E-state index is -4.20. The van der Waals surface area contributed by atoms with Gasteiger partial charge in [-0.1, -0.05) is 11.6 Å². The van der Waals surface area contributed by atoms with Crippen LogP contribution in [0.1, 0.15) is 12.8 Å². The highest BCUT2D eigenvalue weighted by atomic mass is 35.5. The molecule has 0 spiro atoms. The van der Waals surface area contributed by atoms with E-state index in [1.165, 1.54) is 11.1 Å². The third-order valence-electron chi connectivity index (χ3n) is 3.63. The number of hydrogen-bond donors (Lipinski definition) is 2. The Kier molecular flexibility index (Phi) is 8.58. The lowest BCUT2D eigenvalue weighted by atomic mass is 10.3. The summed E-state index contributed by atoms with van der Waals surface area (Å²) in [4.78, 5) is 17.9. The number of pyridine rings is 1. The van der Waals surface area contributed by atoms with Gasteiger partial charge in [-0.05, 0) is 12.1 Å². The summed E-state index contributed by atoms with van der Waals surface area (Å²) in [6.07, 6.45) is -0.589. The monoisotopic (exact) mass is 436 g/mol. The van der Waals surface area contributed by atoms with Crippen LogP contribution in [0.4, 0.5) is 18.9 Å². The lowest BCUT2D eigenvalue weighted by Gasteiger charge is -2.24. The van der Waals surface area contributed by atoms with E-state index in [1.807, 2.05) is 0 Å². The molecule has 28 heavy (non-hydrogen) atoms. The lowest BCUT2D eigenvalue weighted by Crippen LogP contribution is -2.36. The molecule has 1 amide bonds. The van der Waals surface area contributed by atoms with Gasteiger partial charge >= 0.3 is 6.18 Å². The molecule has 1 unspecified atom stereocenters. The van der Waals surface area contributed by atoms with Crippen molar-refractivity contribution in [3.05, 3.63) is 36.4 Å². The number of anilines is 1. The fourth-order valence-corrected chi connectivity index (χ4v) is 3.21. The standard InChI is InChI=1S/C17H20ClF3N4O2S/c18-16(22)14(9-24-12-2-1-5-23-8-12)25(10-13-11-27-13)15(26)3-6-28-7-4-17(19,20)21/h1-2,5,8-9,13,22,24H,3-4,6-7,10-11H2/b14-9+,22-16?. The largest absolute Gasteiger partial charge is 0.389 e. The quantitative estimate of drug-likeness (QED) is 0.313. The Hall–Kier alpha value is -1.78. The molecule has 0 bridgehead atoms. The van der Waals surface area contributed by atoms with Crippen molar-refractivity contribution in [3.8, 4) is 0 Å². The molecule has 1 aromatic heterocycles. The first-order valence-corrected chi connectivity index (χ1v) is 9.97. The van der Waals surface area contributed by atoms with Crippen molar-refractivity contribution in [1.82, 2.24) is 9.88 Å². The van der Waals surface area contributed by atoms with E-state index in [0.29, 0.717) is 12.3 Å². The average molecular weight is 437 g/mol. The lowest BCUT2D eigenvalue weighted by molar-refractivity contribution is -0.129. The molecule has 11 heteroatoms. The predicted octanol–water partition coefficient (Wildman–Crippen LogP) is 3.85. The fourth-order valence-electron chi connectivity index (χ4n) is 2.16. The normalized spacial score (nSPS) is 16.6. The van der Waals surface area contributed by atoms with Gasteiger partial charge in [-0.2, -0.15) is 24.9 Å². The van der Waals surface area contributed by atoms with E-state index in [4.69, 9.17) is 21.7 Å². The summed E-state index contributed by atoms with van der Waals surface area (Å²) in [5, 5.41) is 10.4. The Morgan fingerprint density at radius 2 is 2.25 bits per heavy atom. The zero-order chi connectivity index (χ0) is 20.6. The third-order valence-corrected chi connectivity index (χ3v) is 4.81. The Morgan fingerprint density at radius 3 is 2.82 bits per heavy atom. The van der Waals surface area contributed by atoms with Crippen molar-refractivity contribution in [2.75, 3.05) is 30.0 Å². The van der Waals surface area contributed by atoms with Crippen molar-refractivity contribution in [3.63, 3.8) is 0 Å². The molecule has 1 aromatic rings. The molecule has 1 fully saturated rings. The number of nitrogens with zero attached hydrogens (tertiary/aromatic N) is 2. The Labute approximate surface area is 170 Å². The number of amides is 1. The second kappa shape index (κ2) is 10.7. The summed E-state index contributed by atoms with van der Waals surface area (Å²) in [7, 11) is 0. The van der Waals surface area contributed by atoms with Crippen molar-refractivity contribution in [1.29, 1.82) is 5.41 Å². The topological polar surface area (TPSA) is 81.6 Å². The number of epoxide rings is 1. The molecule has 1 atom stereocenters. The van der Waals surface area contributed by atoms with Crippen LogP contribution >= 0.6 is 23.4 Å². The number of ether oxygens (including phenoxy) is 1. The summed E-state index contributed by atoms with van der Waals surface area (Å²) in [6, 6.07) is 3.48. The van der Waals surface area contributed by atoms with E-state index in [9.17, 15) is 18.0 Å². The number of rotatable bonds is 11. The molecule has 0 radical (unpaired) electrons. The molecule has 0 aromatic carbocycles. The number of aromatic nitrogens is 1. The van der Waals surface area contributed by atoms with E-state index in [0.717, 1.165) is 11.8 Å². The number of allylic oxidation sites excluding steroid dienone is 1. The summed E-state index contributed by atoms with van der Waals surface area (Å²) in [5.74, 6) is -0.186. The van der Waals surface area contributed by atoms with Gasteiger partial charge in [0.05, 0.1) is 43.3 Å². The molecule has 0 aliphatic carbocycles. The van der Waals surface area contributed by atoms with Crippen molar-refractivity contribution < 1.29 is 22.7 Å². The van der Waals surface area contributed by atoms with E-state index >= 15 is 0 Å². The maximum atomic E-state index is 12.6. The zero-order valence-electron chi connectivity index (χ0n) is 14.8. The summed E-state index contributed by atoms with van der Waals surface area (Å²) >= 11 is 6.94. The molecular formula is C17H20ClF3N4O2S. The second-order valence-electron chi connectivity index (χ2n) is 5.92. The SMILES string of the molecule is N=C(Cl)/C(=C\Nc1cccnc1)N(CC1CO1)C(=O)CCSCCC(F)(F)F. The molecule has 1 aliphatic rings. The predicted molar refractivity (Wildman–Crippen MR) is 104 cm³/mol. The molecular weight excluding hydrogens is 417 g/mol. The van der Waals surface area contributed by atoms with Crippen LogP contribution in [0.2, 0.25) is 0 Å². The van der Waals surface area contributed by atoms with Gasteiger partial charge in [0.2, 0.25) is 5.91 Å². The van der Waals surface area contributed by atoms with Gasteiger partial charge in [0.15, 0.2) is 0 Å². The van der Waals surface area contributed by atoms with Crippen LogP contribution in [-0.4, -0.2) is 57.9 Å². The van der Waals surface area contributed by atoms with Crippen LogP contribution in [0.5, 0.6) is 0 Å². The number of halogens is 4. The smallest absolute Gasteiger partial charge is 0.371 e. The number of carbonyl (C=O) groups excluding carboxylic acids is 1. The molecule has 6 nitrogen and oxygen atoms in total. The first kappa shape index (κ1) is 22.5. The minimum absolute atomic E-state index is 0.0314. The maximum absolute atomic E-state index is 12.6. The van der Waals surface area contributed by atoms with E-state index in [2.05, 4.69) is 10.3 Å². The third kappa shape index (κ3) is 8.49. The average Bonchev–Trinajstić information content (AvgIpc) is 3.44. The number of carbonyl (C=O) groups is 1. The van der Waals surface area contributed by atoms with Gasteiger partial charge < -0.3 is 15.0 Å². The van der Waals surface area contributed by atoms with E-state index in [1.54, 1.807) is 24.5 Å². The number of hydrogen-bond acceptors (Lipinski definition) is 6. The number of nitrogens with one attached hydrogen (secondary N) is 2. The molecule has 1 aliphatic heterocycles. The number of thioether (sulfide) groups is 1. The summed E-state index contributed by atoms with van der Waals surface area (Å²) in [6.45, 7) is 0.727. The summed E-state index contributed by atoms with van der Waals surface area (Å²) < 4.78 is 41.7. The highest BCUT2D eigenvalue weighted by Gasteiger charge is 2.31. The Morgan fingerprint density at radius 1 is 1.50 bits per heavy atom. The second-order valence-corrected chi connectivity index (χ2v) is 7.52. The Bertz CT molecular complexity index is 699. The van der Waals surface area contributed by atoms with Gasteiger partial charge in [-0.3, -0.25) is 15.2 Å². The van der Waals surface area contributed by atoms with Crippen LogP contribution in [0.15, 0.2) is 36.4 Å². The van der Waals surface area contributed by atoms with Crippen LogP contribution < -0.4 is 5.32 Å². The highest BCUT2D eigenvalue weighted by molar-refractivity contribution is 7.99. The van der Waals surface area contributed by atoms with Gasteiger partial charge in [-0.15, -0.1) is 0 Å². The first-order chi connectivity index (χ1) is 13.3. The van der Waals surface area contributed by atoms with E-state index in [-0.39, 0.29) is 47.4 Å². The van der Waals surface area contributed by atoms with Crippen LogP contribution in [0.25, 0.3) is 0 Å². The van der Waals surface area contributed by atoms with Crippen molar-refractivity contribution >= 4 is 40.1 Å². The van der Waals surface area contributed by atoms with E-state index < -0.39 is 12.6 Å². The fraction of sp³-hybridized carbons (Fsp3) is 0.471. The molecule has 2 heterocycles. The first-order valence-electron chi connectivity index (χ1n) is 8.44. The molecule has 2 N–H and O–H groups in total. The van der Waals surface area contributed by atoms with Gasteiger partial charge in [0.25, 0.3) is 0 Å². The van der Waals surface area contributed by atoms with Crippen molar-refractivity contribution in [2.24, 2.45) is 0 Å².